The third-order valence-corrected chi connectivity index (χ3v) is 7.29. The predicted octanol–water partition coefficient (Wildman–Crippen LogP) is 4.79. The minimum atomic E-state index is -0.684. The first-order valence-electron chi connectivity index (χ1n) is 8.25. The van der Waals surface area contributed by atoms with E-state index in [0.717, 1.165) is 6.42 Å². The van der Waals surface area contributed by atoms with Crippen molar-refractivity contribution in [2.24, 2.45) is 0 Å². The lowest BCUT2D eigenvalue weighted by atomic mass is 9.91. The number of hydrogen-bond acceptors (Lipinski definition) is 3. The molecule has 0 N–H and O–H groups in total. The maximum Gasteiger partial charge on any atom is 0.188 e. The van der Waals surface area contributed by atoms with Gasteiger partial charge in [-0.15, -0.1) is 11.6 Å². The van der Waals surface area contributed by atoms with Gasteiger partial charge in [-0.1, -0.05) is 43.2 Å². The van der Waals surface area contributed by atoms with Gasteiger partial charge in [0.05, 0.1) is 6.10 Å². The summed E-state index contributed by atoms with van der Waals surface area (Å²) in [6.07, 6.45) is 6.27. The predicted molar refractivity (Wildman–Crippen MR) is 94.1 cm³/mol. The zero-order valence-corrected chi connectivity index (χ0v) is 15.1. The molecule has 1 saturated heterocycles. The van der Waals surface area contributed by atoms with Crippen molar-refractivity contribution < 1.29 is 4.52 Å². The van der Waals surface area contributed by atoms with Crippen molar-refractivity contribution in [2.45, 2.75) is 50.3 Å². The lowest BCUT2D eigenvalue weighted by molar-refractivity contribution is 0.200. The smallest absolute Gasteiger partial charge is 0.188 e. The molecule has 1 aliphatic carbocycles. The van der Waals surface area contributed by atoms with E-state index in [9.17, 15) is 0 Å². The summed E-state index contributed by atoms with van der Waals surface area (Å²) in [6, 6.07) is 11.8. The molecular weight excluding hydrogens is 315 g/mol. The molecule has 2 fully saturated rings. The van der Waals surface area contributed by atoms with Gasteiger partial charge >= 0.3 is 0 Å². The van der Waals surface area contributed by atoms with Gasteiger partial charge in [0, 0.05) is 18.0 Å². The molecule has 1 aromatic carbocycles. The summed E-state index contributed by atoms with van der Waals surface area (Å²) >= 11 is 6.03. The monoisotopic (exact) mass is 340 g/mol. The Labute approximate surface area is 140 Å². The van der Waals surface area contributed by atoms with Gasteiger partial charge in [0.1, 0.15) is 0 Å². The molecule has 3 nitrogen and oxygen atoms in total. The lowest BCUT2D eigenvalue weighted by Gasteiger charge is -2.29. The highest BCUT2D eigenvalue weighted by Crippen LogP contribution is 2.58. The van der Waals surface area contributed by atoms with Crippen LogP contribution in [0.4, 0.5) is 0 Å². The Hall–Kier alpha value is -0.180. The van der Waals surface area contributed by atoms with E-state index in [0.29, 0.717) is 18.0 Å². The number of alkyl halides is 1. The molecule has 1 aliphatic heterocycles. The van der Waals surface area contributed by atoms with Crippen molar-refractivity contribution in [3.63, 3.8) is 0 Å². The fraction of sp³-hybridized carbons (Fsp3) is 0.647. The first kappa shape index (κ1) is 16.7. The van der Waals surface area contributed by atoms with Crippen LogP contribution in [0.1, 0.15) is 43.8 Å². The minimum absolute atomic E-state index is 0.0925. The summed E-state index contributed by atoms with van der Waals surface area (Å²) in [5.41, 5.74) is 1.24. The van der Waals surface area contributed by atoms with Gasteiger partial charge in [0.15, 0.2) is 8.45 Å². The first-order valence-corrected chi connectivity index (χ1v) is 9.95. The highest BCUT2D eigenvalue weighted by Gasteiger charge is 2.46. The molecular formula is C17H26ClN2OP. The molecule has 0 unspecified atom stereocenters. The molecule has 1 heterocycles. The molecule has 5 heteroatoms. The minimum Gasteiger partial charge on any atom is -0.323 e. The van der Waals surface area contributed by atoms with Gasteiger partial charge in [0.2, 0.25) is 0 Å². The van der Waals surface area contributed by atoms with Crippen LogP contribution in [0.2, 0.25) is 0 Å². The van der Waals surface area contributed by atoms with Crippen molar-refractivity contribution in [3.8, 4) is 0 Å². The van der Waals surface area contributed by atoms with E-state index in [1.54, 1.807) is 0 Å². The Morgan fingerprint density at radius 2 is 1.73 bits per heavy atom. The summed E-state index contributed by atoms with van der Waals surface area (Å²) < 4.78 is 11.6. The summed E-state index contributed by atoms with van der Waals surface area (Å²) in [7, 11) is 3.79. The summed E-state index contributed by atoms with van der Waals surface area (Å²) in [5, 5.41) is 0. The summed E-state index contributed by atoms with van der Waals surface area (Å²) in [6.45, 7) is 0. The van der Waals surface area contributed by atoms with Crippen LogP contribution in [0.25, 0.3) is 0 Å². The molecule has 0 aromatic heterocycles. The average Bonchev–Trinajstić information content (AvgIpc) is 2.80. The number of nitrogens with zero attached hydrogens (tertiary/aromatic N) is 2. The summed E-state index contributed by atoms with van der Waals surface area (Å²) in [4.78, 5) is 0. The molecule has 2 aliphatic rings. The van der Waals surface area contributed by atoms with E-state index in [2.05, 4.69) is 53.8 Å². The molecule has 1 aromatic rings. The van der Waals surface area contributed by atoms with Crippen LogP contribution < -0.4 is 0 Å². The Morgan fingerprint density at radius 3 is 2.27 bits per heavy atom. The average molecular weight is 341 g/mol. The van der Waals surface area contributed by atoms with E-state index >= 15 is 0 Å². The number of halogens is 1. The molecule has 0 spiro atoms. The zero-order chi connectivity index (χ0) is 15.5. The normalized spacial score (nSPS) is 28.7. The number of hydrogen-bond donors (Lipinski definition) is 0. The second kappa shape index (κ2) is 7.59. The fourth-order valence-corrected chi connectivity index (χ4v) is 6.19. The molecule has 0 radical (unpaired) electrons. The van der Waals surface area contributed by atoms with Gasteiger partial charge in [-0.2, -0.15) is 0 Å². The van der Waals surface area contributed by atoms with E-state index in [4.69, 9.17) is 16.1 Å². The molecule has 122 valence electrons. The fourth-order valence-electron chi connectivity index (χ4n) is 3.75. The highest BCUT2D eigenvalue weighted by atomic mass is 35.5. The van der Waals surface area contributed by atoms with E-state index in [1.165, 1.54) is 31.2 Å². The topological polar surface area (TPSA) is 15.7 Å². The van der Waals surface area contributed by atoms with Crippen LogP contribution in [0.5, 0.6) is 0 Å². The molecule has 22 heavy (non-hydrogen) atoms. The first-order chi connectivity index (χ1) is 10.7. The van der Waals surface area contributed by atoms with Crippen molar-refractivity contribution >= 4 is 20.1 Å². The number of rotatable bonds is 5. The molecule has 0 amide bonds. The van der Waals surface area contributed by atoms with E-state index in [1.807, 2.05) is 0 Å². The second-order valence-electron chi connectivity index (χ2n) is 6.30. The van der Waals surface area contributed by atoms with Crippen LogP contribution in [0.15, 0.2) is 30.3 Å². The third kappa shape index (κ3) is 3.34. The number of likely N-dealkylation sites (N-methyl/N-ethyl adjacent to an activating group) is 2. The maximum absolute atomic E-state index is 6.59. The number of fused-ring (bicyclic) bond motifs is 1. The quantitative estimate of drug-likeness (QED) is 0.566. The third-order valence-electron chi connectivity index (χ3n) is 4.96. The van der Waals surface area contributed by atoms with Gasteiger partial charge in [-0.05, 0) is 38.9 Å². The Balaban J connectivity index is 1.74. The van der Waals surface area contributed by atoms with Crippen LogP contribution >= 0.6 is 20.1 Å². The van der Waals surface area contributed by atoms with Crippen molar-refractivity contribution in [1.29, 1.82) is 0 Å². The van der Waals surface area contributed by atoms with Gasteiger partial charge in [0.25, 0.3) is 0 Å². The Kier molecular flexibility index (Phi) is 5.75. The Bertz CT molecular complexity index is 457. The van der Waals surface area contributed by atoms with Gasteiger partial charge in [-0.25, -0.2) is 9.34 Å². The molecule has 3 rings (SSSR count). The molecule has 3 atom stereocenters. The van der Waals surface area contributed by atoms with Crippen molar-refractivity contribution in [2.75, 3.05) is 20.0 Å². The highest BCUT2D eigenvalue weighted by molar-refractivity contribution is 7.47. The Morgan fingerprint density at radius 1 is 1.14 bits per heavy atom. The summed E-state index contributed by atoms with van der Waals surface area (Å²) in [5.74, 6) is 0.628. The standard InChI is InChI=1S/C17H26ClN2OP/c1-19-15-10-6-7-11-16(15)20(2)22(19)21-17(12-13-18)14-8-4-3-5-9-14/h3-5,8-9,15-17H,6-7,10-13H2,1-2H3/t15-,16-,17-/m1/s1. The van der Waals surface area contributed by atoms with Crippen molar-refractivity contribution in [1.82, 2.24) is 9.34 Å². The SMILES string of the molecule is CN1[C@@H]2CCCC[C@H]2N(C)P1O[C@H](CCCl)c1ccccc1. The van der Waals surface area contributed by atoms with Gasteiger partial charge in [-0.3, -0.25) is 0 Å². The lowest BCUT2D eigenvalue weighted by Crippen LogP contribution is -2.37. The van der Waals surface area contributed by atoms with E-state index < -0.39 is 8.45 Å². The van der Waals surface area contributed by atoms with Crippen LogP contribution in [0, 0.1) is 0 Å². The maximum atomic E-state index is 6.59. The molecule has 0 bridgehead atoms. The number of benzene rings is 1. The van der Waals surface area contributed by atoms with Crippen molar-refractivity contribution in [3.05, 3.63) is 35.9 Å². The molecule has 1 saturated carbocycles. The van der Waals surface area contributed by atoms with Crippen LogP contribution in [-0.2, 0) is 4.52 Å². The van der Waals surface area contributed by atoms with E-state index in [-0.39, 0.29) is 6.10 Å². The zero-order valence-electron chi connectivity index (χ0n) is 13.5. The largest absolute Gasteiger partial charge is 0.323 e. The van der Waals surface area contributed by atoms with Crippen LogP contribution in [-0.4, -0.2) is 41.4 Å². The van der Waals surface area contributed by atoms with Gasteiger partial charge < -0.3 is 4.52 Å². The second-order valence-corrected chi connectivity index (χ2v) is 8.66. The van der Waals surface area contributed by atoms with Crippen LogP contribution in [0.3, 0.4) is 0 Å².